The van der Waals surface area contributed by atoms with Gasteiger partial charge in [-0.05, 0) is 33.1 Å². The molecular formula is C8H14O3. The third-order valence-electron chi connectivity index (χ3n) is 2.00. The van der Waals surface area contributed by atoms with E-state index in [1.807, 2.05) is 6.92 Å². The number of rotatable bonds is 2. The zero-order valence-corrected chi connectivity index (χ0v) is 7.05. The van der Waals surface area contributed by atoms with Crippen LogP contribution in [0.5, 0.6) is 0 Å². The normalized spacial score (nSPS) is 20.2. The van der Waals surface area contributed by atoms with Crippen LogP contribution < -0.4 is 0 Å². The predicted molar refractivity (Wildman–Crippen MR) is 40.4 cm³/mol. The van der Waals surface area contributed by atoms with Gasteiger partial charge in [-0.2, -0.15) is 0 Å². The van der Waals surface area contributed by atoms with Gasteiger partial charge in [0.1, 0.15) is 5.60 Å². The van der Waals surface area contributed by atoms with Crippen molar-refractivity contribution < 1.29 is 14.3 Å². The van der Waals surface area contributed by atoms with E-state index in [0.29, 0.717) is 6.61 Å². The molecule has 0 spiro atoms. The van der Waals surface area contributed by atoms with Gasteiger partial charge in [-0.3, -0.25) is 0 Å². The van der Waals surface area contributed by atoms with Crippen molar-refractivity contribution in [3.8, 4) is 0 Å². The van der Waals surface area contributed by atoms with E-state index >= 15 is 0 Å². The van der Waals surface area contributed by atoms with Crippen molar-refractivity contribution in [1.29, 1.82) is 0 Å². The fourth-order valence-electron chi connectivity index (χ4n) is 1.13. The molecule has 64 valence electrons. The lowest BCUT2D eigenvalue weighted by Gasteiger charge is -2.36. The van der Waals surface area contributed by atoms with Gasteiger partial charge in [-0.1, -0.05) is 0 Å². The average molecular weight is 158 g/mol. The Morgan fingerprint density at radius 3 is 2.55 bits per heavy atom. The summed E-state index contributed by atoms with van der Waals surface area (Å²) < 4.78 is 9.71. The number of carbonyl (C=O) groups excluding carboxylic acids is 1. The van der Waals surface area contributed by atoms with Crippen LogP contribution in [0.4, 0.5) is 4.79 Å². The predicted octanol–water partition coefficient (Wildman–Crippen LogP) is 2.10. The fourth-order valence-corrected chi connectivity index (χ4v) is 1.13. The molecule has 1 aliphatic rings. The van der Waals surface area contributed by atoms with Gasteiger partial charge in [0.05, 0.1) is 6.61 Å². The van der Waals surface area contributed by atoms with E-state index in [1.54, 1.807) is 6.92 Å². The van der Waals surface area contributed by atoms with E-state index < -0.39 is 6.16 Å². The largest absolute Gasteiger partial charge is 0.508 e. The first-order chi connectivity index (χ1) is 5.16. The van der Waals surface area contributed by atoms with Crippen LogP contribution in [0.2, 0.25) is 0 Å². The molecule has 0 radical (unpaired) electrons. The quantitative estimate of drug-likeness (QED) is 0.577. The van der Waals surface area contributed by atoms with Gasteiger partial charge < -0.3 is 9.47 Å². The highest BCUT2D eigenvalue weighted by molar-refractivity contribution is 5.60. The summed E-state index contributed by atoms with van der Waals surface area (Å²) >= 11 is 0. The number of hydrogen-bond donors (Lipinski definition) is 0. The molecule has 1 aliphatic carbocycles. The number of ether oxygens (including phenoxy) is 2. The smallest absolute Gasteiger partial charge is 0.435 e. The molecule has 1 fully saturated rings. The molecule has 0 bridgehead atoms. The molecule has 0 heterocycles. The summed E-state index contributed by atoms with van der Waals surface area (Å²) in [7, 11) is 0. The summed E-state index contributed by atoms with van der Waals surface area (Å²) in [6.07, 6.45) is 2.54. The zero-order valence-electron chi connectivity index (χ0n) is 7.05. The molecule has 0 amide bonds. The summed E-state index contributed by atoms with van der Waals surface area (Å²) in [6.45, 7) is 4.09. The highest BCUT2D eigenvalue weighted by Gasteiger charge is 2.36. The summed E-state index contributed by atoms with van der Waals surface area (Å²) in [6, 6.07) is 0. The van der Waals surface area contributed by atoms with Gasteiger partial charge in [0.25, 0.3) is 0 Å². The van der Waals surface area contributed by atoms with Crippen LogP contribution >= 0.6 is 0 Å². The molecule has 0 unspecified atom stereocenters. The highest BCUT2D eigenvalue weighted by atomic mass is 16.7. The second kappa shape index (κ2) is 3.11. The summed E-state index contributed by atoms with van der Waals surface area (Å²) in [4.78, 5) is 10.8. The Hall–Kier alpha value is -0.730. The lowest BCUT2D eigenvalue weighted by atomic mass is 9.82. The Kier molecular flexibility index (Phi) is 2.37. The van der Waals surface area contributed by atoms with Gasteiger partial charge >= 0.3 is 6.16 Å². The Bertz CT molecular complexity index is 149. The number of hydrogen-bond acceptors (Lipinski definition) is 3. The van der Waals surface area contributed by atoms with Gasteiger partial charge in [0.2, 0.25) is 0 Å². The van der Waals surface area contributed by atoms with Gasteiger partial charge in [0.15, 0.2) is 0 Å². The average Bonchev–Trinajstić information content (AvgIpc) is 1.85. The second-order valence-corrected chi connectivity index (χ2v) is 3.09. The molecule has 0 N–H and O–H groups in total. The second-order valence-electron chi connectivity index (χ2n) is 3.09. The molecule has 0 aromatic heterocycles. The van der Waals surface area contributed by atoms with Crippen LogP contribution in [0.3, 0.4) is 0 Å². The van der Waals surface area contributed by atoms with E-state index in [-0.39, 0.29) is 5.60 Å². The first-order valence-corrected chi connectivity index (χ1v) is 4.02. The van der Waals surface area contributed by atoms with Crippen LogP contribution in [-0.2, 0) is 9.47 Å². The van der Waals surface area contributed by atoms with Crippen LogP contribution in [0.1, 0.15) is 33.1 Å². The Labute approximate surface area is 66.7 Å². The van der Waals surface area contributed by atoms with Crippen LogP contribution in [0.25, 0.3) is 0 Å². The highest BCUT2D eigenvalue weighted by Crippen LogP contribution is 2.35. The van der Waals surface area contributed by atoms with Crippen molar-refractivity contribution in [2.75, 3.05) is 6.61 Å². The molecule has 0 aromatic carbocycles. The van der Waals surface area contributed by atoms with Crippen molar-refractivity contribution in [2.24, 2.45) is 0 Å². The summed E-state index contributed by atoms with van der Waals surface area (Å²) in [5, 5.41) is 0. The van der Waals surface area contributed by atoms with Gasteiger partial charge in [-0.15, -0.1) is 0 Å². The maximum Gasteiger partial charge on any atom is 0.508 e. The Balaban J connectivity index is 2.23. The maximum absolute atomic E-state index is 10.8. The summed E-state index contributed by atoms with van der Waals surface area (Å²) in [5.41, 5.74) is -0.230. The minimum atomic E-state index is -0.533. The van der Waals surface area contributed by atoms with E-state index in [1.165, 1.54) is 0 Å². The molecule has 11 heavy (non-hydrogen) atoms. The molecule has 0 aliphatic heterocycles. The minimum Gasteiger partial charge on any atom is -0.435 e. The standard InChI is InChI=1S/C8H14O3/c1-3-10-7(9)11-8(2)5-4-6-8/h3-6H2,1-2H3. The van der Waals surface area contributed by atoms with Crippen molar-refractivity contribution in [3.63, 3.8) is 0 Å². The molecule has 0 saturated heterocycles. The van der Waals surface area contributed by atoms with E-state index in [4.69, 9.17) is 4.74 Å². The Morgan fingerprint density at radius 1 is 1.55 bits per heavy atom. The third kappa shape index (κ3) is 2.10. The first-order valence-electron chi connectivity index (χ1n) is 4.02. The summed E-state index contributed by atoms with van der Waals surface area (Å²) in [5.74, 6) is 0. The van der Waals surface area contributed by atoms with E-state index in [0.717, 1.165) is 19.3 Å². The van der Waals surface area contributed by atoms with Crippen molar-refractivity contribution in [1.82, 2.24) is 0 Å². The topological polar surface area (TPSA) is 35.5 Å². The van der Waals surface area contributed by atoms with E-state index in [2.05, 4.69) is 4.74 Å². The van der Waals surface area contributed by atoms with Crippen LogP contribution in [0, 0.1) is 0 Å². The molecule has 1 rings (SSSR count). The van der Waals surface area contributed by atoms with E-state index in [9.17, 15) is 4.79 Å². The lowest BCUT2D eigenvalue weighted by Crippen LogP contribution is -2.38. The molecule has 3 heteroatoms. The molecule has 3 nitrogen and oxygen atoms in total. The number of carbonyl (C=O) groups is 1. The van der Waals surface area contributed by atoms with Gasteiger partial charge in [-0.25, -0.2) is 4.79 Å². The van der Waals surface area contributed by atoms with Gasteiger partial charge in [0, 0.05) is 0 Å². The van der Waals surface area contributed by atoms with Crippen molar-refractivity contribution >= 4 is 6.16 Å². The zero-order chi connectivity index (χ0) is 8.32. The fraction of sp³-hybridized carbons (Fsp3) is 0.875. The third-order valence-corrected chi connectivity index (χ3v) is 2.00. The van der Waals surface area contributed by atoms with Crippen molar-refractivity contribution in [3.05, 3.63) is 0 Å². The van der Waals surface area contributed by atoms with Crippen LogP contribution in [0.15, 0.2) is 0 Å². The molecule has 0 aromatic rings. The SMILES string of the molecule is CCOC(=O)OC1(C)CCC1. The molecular weight excluding hydrogens is 144 g/mol. The first kappa shape index (κ1) is 8.37. The Morgan fingerprint density at radius 2 is 2.18 bits per heavy atom. The van der Waals surface area contributed by atoms with Crippen LogP contribution in [-0.4, -0.2) is 18.4 Å². The lowest BCUT2D eigenvalue weighted by molar-refractivity contribution is -0.0659. The molecule has 0 atom stereocenters. The van der Waals surface area contributed by atoms with Crippen molar-refractivity contribution in [2.45, 2.75) is 38.7 Å². The molecule has 1 saturated carbocycles. The minimum absolute atomic E-state index is 0.230. The monoisotopic (exact) mass is 158 g/mol. The maximum atomic E-state index is 10.8.